The number of rotatable bonds is 4. The van der Waals surface area contributed by atoms with Crippen LogP contribution in [0.2, 0.25) is 0 Å². The van der Waals surface area contributed by atoms with E-state index >= 15 is 0 Å². The Morgan fingerprint density at radius 2 is 2.17 bits per heavy atom. The fourth-order valence-electron chi connectivity index (χ4n) is 2.54. The average molecular weight is 248 g/mol. The van der Waals surface area contributed by atoms with Crippen LogP contribution in [0.5, 0.6) is 0 Å². The molecule has 1 fully saturated rings. The first-order valence-electron chi connectivity index (χ1n) is 6.92. The van der Waals surface area contributed by atoms with Gasteiger partial charge in [-0.05, 0) is 32.2 Å². The van der Waals surface area contributed by atoms with Crippen LogP contribution in [0.15, 0.2) is 12.4 Å². The van der Waals surface area contributed by atoms with Gasteiger partial charge in [0.2, 0.25) is 0 Å². The second kappa shape index (κ2) is 6.14. The van der Waals surface area contributed by atoms with Crippen molar-refractivity contribution >= 4 is 5.82 Å². The second-order valence-corrected chi connectivity index (χ2v) is 5.48. The smallest absolute Gasteiger partial charge is 0.150 e. The highest BCUT2D eigenvalue weighted by Gasteiger charge is 2.22. The minimum atomic E-state index is 0.568. The van der Waals surface area contributed by atoms with Gasteiger partial charge in [0.25, 0.3) is 0 Å². The van der Waals surface area contributed by atoms with Gasteiger partial charge < -0.3 is 10.2 Å². The molecule has 1 unspecified atom stereocenters. The summed E-state index contributed by atoms with van der Waals surface area (Å²) in [6, 6.07) is 0.568. The van der Waals surface area contributed by atoms with Crippen LogP contribution >= 0.6 is 0 Å². The summed E-state index contributed by atoms with van der Waals surface area (Å²) in [7, 11) is 0. The molecule has 0 spiro atoms. The first kappa shape index (κ1) is 13.3. The highest BCUT2D eigenvalue weighted by atomic mass is 15.2. The Bertz CT molecular complexity index is 378. The SMILES string of the molecule is Cc1nccnc1N1CCCC(CNC(C)C)C1. The van der Waals surface area contributed by atoms with Crippen molar-refractivity contribution in [2.75, 3.05) is 24.5 Å². The minimum Gasteiger partial charge on any atom is -0.355 e. The summed E-state index contributed by atoms with van der Waals surface area (Å²) in [4.78, 5) is 11.2. The molecular formula is C14H24N4. The van der Waals surface area contributed by atoms with E-state index in [-0.39, 0.29) is 0 Å². The number of piperidine rings is 1. The van der Waals surface area contributed by atoms with Gasteiger partial charge in [-0.15, -0.1) is 0 Å². The lowest BCUT2D eigenvalue weighted by Crippen LogP contribution is -2.41. The number of nitrogens with one attached hydrogen (secondary N) is 1. The highest BCUT2D eigenvalue weighted by molar-refractivity contribution is 5.42. The van der Waals surface area contributed by atoms with Crippen molar-refractivity contribution in [3.63, 3.8) is 0 Å². The van der Waals surface area contributed by atoms with Gasteiger partial charge in [-0.2, -0.15) is 0 Å². The molecule has 0 radical (unpaired) electrons. The van der Waals surface area contributed by atoms with Gasteiger partial charge >= 0.3 is 0 Å². The summed E-state index contributed by atoms with van der Waals surface area (Å²) in [5.41, 5.74) is 1.04. The highest BCUT2D eigenvalue weighted by Crippen LogP contribution is 2.22. The van der Waals surface area contributed by atoms with Crippen LogP contribution in [0.4, 0.5) is 5.82 Å². The van der Waals surface area contributed by atoms with E-state index in [4.69, 9.17) is 0 Å². The number of hydrogen-bond donors (Lipinski definition) is 1. The quantitative estimate of drug-likeness (QED) is 0.885. The average Bonchev–Trinajstić information content (AvgIpc) is 2.37. The molecule has 2 heterocycles. The summed E-state index contributed by atoms with van der Waals surface area (Å²) in [6.07, 6.45) is 6.12. The normalized spacial score (nSPS) is 20.4. The van der Waals surface area contributed by atoms with Crippen molar-refractivity contribution in [1.29, 1.82) is 0 Å². The standard InChI is InChI=1S/C14H24N4/c1-11(2)17-9-13-5-4-8-18(10-13)14-12(3)15-6-7-16-14/h6-7,11,13,17H,4-5,8-10H2,1-3H3. The molecular weight excluding hydrogens is 224 g/mol. The third-order valence-corrected chi connectivity index (χ3v) is 3.49. The zero-order chi connectivity index (χ0) is 13.0. The Morgan fingerprint density at radius 3 is 2.89 bits per heavy atom. The molecule has 2 rings (SSSR count). The lowest BCUT2D eigenvalue weighted by molar-refractivity contribution is 0.378. The number of aromatic nitrogens is 2. The monoisotopic (exact) mass is 248 g/mol. The number of anilines is 1. The van der Waals surface area contributed by atoms with Gasteiger partial charge in [0, 0.05) is 31.5 Å². The maximum Gasteiger partial charge on any atom is 0.150 e. The Labute approximate surface area is 110 Å². The van der Waals surface area contributed by atoms with Crippen LogP contribution in [0.25, 0.3) is 0 Å². The zero-order valence-electron chi connectivity index (χ0n) is 11.7. The van der Waals surface area contributed by atoms with Crippen molar-refractivity contribution in [2.45, 2.75) is 39.7 Å². The lowest BCUT2D eigenvalue weighted by atomic mass is 9.97. The minimum absolute atomic E-state index is 0.568. The summed E-state index contributed by atoms with van der Waals surface area (Å²) < 4.78 is 0. The van der Waals surface area contributed by atoms with Crippen molar-refractivity contribution < 1.29 is 0 Å². The maximum absolute atomic E-state index is 4.47. The molecule has 1 aromatic rings. The molecule has 1 aliphatic rings. The number of hydrogen-bond acceptors (Lipinski definition) is 4. The molecule has 0 amide bonds. The van der Waals surface area contributed by atoms with E-state index in [1.54, 1.807) is 12.4 Å². The van der Waals surface area contributed by atoms with Gasteiger partial charge in [-0.25, -0.2) is 4.98 Å². The van der Waals surface area contributed by atoms with E-state index in [2.05, 4.69) is 34.0 Å². The van der Waals surface area contributed by atoms with E-state index in [0.29, 0.717) is 6.04 Å². The topological polar surface area (TPSA) is 41.1 Å². The van der Waals surface area contributed by atoms with Crippen LogP contribution in [0, 0.1) is 12.8 Å². The third kappa shape index (κ3) is 3.42. The van der Waals surface area contributed by atoms with Gasteiger partial charge in [-0.1, -0.05) is 13.8 Å². The van der Waals surface area contributed by atoms with Crippen molar-refractivity contribution in [3.05, 3.63) is 18.1 Å². The molecule has 0 bridgehead atoms. The van der Waals surface area contributed by atoms with E-state index in [1.807, 2.05) is 6.92 Å². The van der Waals surface area contributed by atoms with Crippen LogP contribution < -0.4 is 10.2 Å². The second-order valence-electron chi connectivity index (χ2n) is 5.48. The van der Waals surface area contributed by atoms with Crippen molar-refractivity contribution in [1.82, 2.24) is 15.3 Å². The number of aryl methyl sites for hydroxylation is 1. The molecule has 1 atom stereocenters. The molecule has 1 N–H and O–H groups in total. The molecule has 4 nitrogen and oxygen atoms in total. The molecule has 1 aromatic heterocycles. The third-order valence-electron chi connectivity index (χ3n) is 3.49. The predicted molar refractivity (Wildman–Crippen MR) is 74.8 cm³/mol. The first-order chi connectivity index (χ1) is 8.66. The first-order valence-corrected chi connectivity index (χ1v) is 6.92. The van der Waals surface area contributed by atoms with E-state index < -0.39 is 0 Å². The molecule has 0 aliphatic carbocycles. The fourth-order valence-corrected chi connectivity index (χ4v) is 2.54. The zero-order valence-corrected chi connectivity index (χ0v) is 11.7. The van der Waals surface area contributed by atoms with Crippen LogP contribution in [-0.2, 0) is 0 Å². The molecule has 4 heteroatoms. The molecule has 0 aromatic carbocycles. The Morgan fingerprint density at radius 1 is 1.39 bits per heavy atom. The van der Waals surface area contributed by atoms with Gasteiger partial charge in [-0.3, -0.25) is 4.98 Å². The van der Waals surface area contributed by atoms with Gasteiger partial charge in [0.1, 0.15) is 5.82 Å². The Hall–Kier alpha value is -1.16. The largest absolute Gasteiger partial charge is 0.355 e. The van der Waals surface area contributed by atoms with Gasteiger partial charge in [0.05, 0.1) is 5.69 Å². The lowest BCUT2D eigenvalue weighted by Gasteiger charge is -2.34. The van der Waals surface area contributed by atoms with Crippen LogP contribution in [0.1, 0.15) is 32.4 Å². The summed E-state index contributed by atoms with van der Waals surface area (Å²) in [5.74, 6) is 1.79. The van der Waals surface area contributed by atoms with E-state index in [1.165, 1.54) is 12.8 Å². The molecule has 18 heavy (non-hydrogen) atoms. The molecule has 100 valence electrons. The van der Waals surface area contributed by atoms with E-state index in [9.17, 15) is 0 Å². The van der Waals surface area contributed by atoms with Crippen LogP contribution in [-0.4, -0.2) is 35.6 Å². The van der Waals surface area contributed by atoms with Crippen molar-refractivity contribution in [3.8, 4) is 0 Å². The predicted octanol–water partition coefficient (Wildman–Crippen LogP) is 2.00. The van der Waals surface area contributed by atoms with Crippen LogP contribution in [0.3, 0.4) is 0 Å². The Kier molecular flexibility index (Phi) is 4.53. The molecule has 0 saturated carbocycles. The summed E-state index contributed by atoms with van der Waals surface area (Å²) in [5, 5.41) is 3.54. The van der Waals surface area contributed by atoms with E-state index in [0.717, 1.165) is 37.1 Å². The van der Waals surface area contributed by atoms with Gasteiger partial charge in [0.15, 0.2) is 0 Å². The molecule has 1 aliphatic heterocycles. The summed E-state index contributed by atoms with van der Waals surface area (Å²) >= 11 is 0. The maximum atomic E-state index is 4.47. The Balaban J connectivity index is 1.96. The fraction of sp³-hybridized carbons (Fsp3) is 0.714. The number of nitrogens with zero attached hydrogens (tertiary/aromatic N) is 3. The van der Waals surface area contributed by atoms with Crippen molar-refractivity contribution in [2.24, 2.45) is 5.92 Å². The molecule has 1 saturated heterocycles. The summed E-state index contributed by atoms with van der Waals surface area (Å²) in [6.45, 7) is 9.75.